The van der Waals surface area contributed by atoms with Gasteiger partial charge in [0.05, 0.1) is 13.2 Å². The van der Waals surface area contributed by atoms with E-state index in [0.29, 0.717) is 36.1 Å². The molecule has 2 aromatic carbocycles. The number of para-hydroxylation sites is 1. The van der Waals surface area contributed by atoms with Gasteiger partial charge in [0.15, 0.2) is 17.6 Å². The molecule has 5 nitrogen and oxygen atoms in total. The summed E-state index contributed by atoms with van der Waals surface area (Å²) < 4.78 is 16.8. The summed E-state index contributed by atoms with van der Waals surface area (Å²) in [5.74, 6) is 1.79. The minimum absolute atomic E-state index is 0.219. The molecule has 1 atom stereocenters. The van der Waals surface area contributed by atoms with E-state index in [2.05, 4.69) is 5.32 Å². The van der Waals surface area contributed by atoms with Gasteiger partial charge in [-0.2, -0.15) is 0 Å². The summed E-state index contributed by atoms with van der Waals surface area (Å²) in [6.07, 6.45) is 0.242. The molecule has 23 heavy (non-hydrogen) atoms. The molecular weight excluding hydrogens is 294 g/mol. The molecule has 0 bridgehead atoms. The number of anilines is 1. The van der Waals surface area contributed by atoms with Gasteiger partial charge in [0.25, 0.3) is 5.91 Å². The van der Waals surface area contributed by atoms with Crippen molar-refractivity contribution in [2.45, 2.75) is 19.4 Å². The third kappa shape index (κ3) is 3.94. The highest BCUT2D eigenvalue weighted by molar-refractivity contribution is 5.94. The molecule has 1 amide bonds. The fraction of sp³-hybridized carbons (Fsp3) is 0.278. The van der Waals surface area contributed by atoms with Gasteiger partial charge in [-0.25, -0.2) is 0 Å². The smallest absolute Gasteiger partial charge is 0.265 e. The first-order valence-corrected chi connectivity index (χ1v) is 7.64. The number of amides is 1. The van der Waals surface area contributed by atoms with E-state index < -0.39 is 6.10 Å². The van der Waals surface area contributed by atoms with E-state index in [9.17, 15) is 4.79 Å². The second-order valence-corrected chi connectivity index (χ2v) is 5.27. The van der Waals surface area contributed by atoms with Crippen molar-refractivity contribution in [3.05, 3.63) is 48.5 Å². The summed E-state index contributed by atoms with van der Waals surface area (Å²) in [5, 5.41) is 2.83. The van der Waals surface area contributed by atoms with Crippen LogP contribution >= 0.6 is 0 Å². The van der Waals surface area contributed by atoms with E-state index in [1.54, 1.807) is 25.1 Å². The highest BCUT2D eigenvalue weighted by atomic mass is 16.5. The minimum atomic E-state index is -0.603. The summed E-state index contributed by atoms with van der Waals surface area (Å²) in [6.45, 7) is 2.96. The van der Waals surface area contributed by atoms with Crippen molar-refractivity contribution in [1.82, 2.24) is 0 Å². The van der Waals surface area contributed by atoms with Crippen molar-refractivity contribution < 1.29 is 19.0 Å². The number of carbonyl (C=O) groups excluding carboxylic acids is 1. The summed E-state index contributed by atoms with van der Waals surface area (Å²) in [7, 11) is 0. The maximum Gasteiger partial charge on any atom is 0.265 e. The van der Waals surface area contributed by atoms with E-state index >= 15 is 0 Å². The third-order valence-electron chi connectivity index (χ3n) is 3.44. The van der Waals surface area contributed by atoms with E-state index in [1.807, 2.05) is 30.3 Å². The highest BCUT2D eigenvalue weighted by Crippen LogP contribution is 2.32. The minimum Gasteiger partial charge on any atom is -0.490 e. The zero-order valence-electron chi connectivity index (χ0n) is 13.0. The third-order valence-corrected chi connectivity index (χ3v) is 3.44. The lowest BCUT2D eigenvalue weighted by atomic mass is 10.2. The molecule has 0 saturated heterocycles. The number of hydrogen-bond donors (Lipinski definition) is 1. The SMILES string of the molecule is CC(Oc1ccccc1)C(=O)Nc1ccc2c(c1)OCCCO2. The number of nitrogens with one attached hydrogen (secondary N) is 1. The Bertz CT molecular complexity index is 672. The van der Waals surface area contributed by atoms with Gasteiger partial charge in [-0.05, 0) is 31.2 Å². The topological polar surface area (TPSA) is 56.8 Å². The summed E-state index contributed by atoms with van der Waals surface area (Å²) in [5.41, 5.74) is 0.655. The van der Waals surface area contributed by atoms with Crippen LogP contribution in [0.4, 0.5) is 5.69 Å². The van der Waals surface area contributed by atoms with Gasteiger partial charge in [0, 0.05) is 18.2 Å². The average molecular weight is 313 g/mol. The van der Waals surface area contributed by atoms with Crippen LogP contribution in [-0.2, 0) is 4.79 Å². The van der Waals surface area contributed by atoms with Crippen molar-refractivity contribution in [1.29, 1.82) is 0 Å². The van der Waals surface area contributed by atoms with Crippen molar-refractivity contribution in [2.75, 3.05) is 18.5 Å². The molecule has 0 aliphatic carbocycles. The zero-order chi connectivity index (χ0) is 16.1. The van der Waals surface area contributed by atoms with Crippen LogP contribution in [0.1, 0.15) is 13.3 Å². The van der Waals surface area contributed by atoms with Crippen LogP contribution in [0.25, 0.3) is 0 Å². The predicted molar refractivity (Wildman–Crippen MR) is 87.2 cm³/mol. The van der Waals surface area contributed by atoms with Crippen molar-refractivity contribution >= 4 is 11.6 Å². The molecule has 5 heteroatoms. The molecule has 1 N–H and O–H groups in total. The second-order valence-electron chi connectivity index (χ2n) is 5.27. The van der Waals surface area contributed by atoms with Gasteiger partial charge in [0.1, 0.15) is 5.75 Å². The maximum atomic E-state index is 12.2. The molecule has 1 unspecified atom stereocenters. The van der Waals surface area contributed by atoms with Gasteiger partial charge < -0.3 is 19.5 Å². The normalized spacial score (nSPS) is 14.5. The Kier molecular flexibility index (Phi) is 4.66. The Hall–Kier alpha value is -2.69. The van der Waals surface area contributed by atoms with Crippen LogP contribution < -0.4 is 19.5 Å². The van der Waals surface area contributed by atoms with Gasteiger partial charge >= 0.3 is 0 Å². The van der Waals surface area contributed by atoms with E-state index in [-0.39, 0.29) is 5.91 Å². The fourth-order valence-electron chi connectivity index (χ4n) is 2.24. The van der Waals surface area contributed by atoms with Crippen LogP contribution in [-0.4, -0.2) is 25.2 Å². The molecule has 1 aliphatic rings. The number of fused-ring (bicyclic) bond motifs is 1. The monoisotopic (exact) mass is 313 g/mol. The quantitative estimate of drug-likeness (QED) is 0.941. The molecule has 1 heterocycles. The van der Waals surface area contributed by atoms with Crippen molar-refractivity contribution in [2.24, 2.45) is 0 Å². The Labute approximate surface area is 135 Å². The highest BCUT2D eigenvalue weighted by Gasteiger charge is 2.16. The molecule has 1 aliphatic heterocycles. The van der Waals surface area contributed by atoms with Crippen LogP contribution in [0, 0.1) is 0 Å². The van der Waals surface area contributed by atoms with Crippen LogP contribution in [0.5, 0.6) is 17.2 Å². The molecule has 120 valence electrons. The van der Waals surface area contributed by atoms with E-state index in [4.69, 9.17) is 14.2 Å². The Balaban J connectivity index is 1.64. The molecule has 0 fully saturated rings. The number of benzene rings is 2. The van der Waals surface area contributed by atoms with Crippen molar-refractivity contribution in [3.8, 4) is 17.2 Å². The standard InChI is InChI=1S/C18H19NO4/c1-13(23-15-6-3-2-4-7-15)18(20)19-14-8-9-16-17(12-14)22-11-5-10-21-16/h2-4,6-9,12-13H,5,10-11H2,1H3,(H,19,20). The largest absolute Gasteiger partial charge is 0.490 e. The molecule has 3 rings (SSSR count). The Morgan fingerprint density at radius 3 is 2.61 bits per heavy atom. The Morgan fingerprint density at radius 1 is 1.09 bits per heavy atom. The first kappa shape index (κ1) is 15.2. The lowest BCUT2D eigenvalue weighted by Gasteiger charge is -2.15. The molecular formula is C18H19NO4. The second kappa shape index (κ2) is 7.05. The van der Waals surface area contributed by atoms with Gasteiger partial charge in [-0.15, -0.1) is 0 Å². The molecule has 0 saturated carbocycles. The maximum absolute atomic E-state index is 12.2. The van der Waals surface area contributed by atoms with Crippen LogP contribution in [0.2, 0.25) is 0 Å². The van der Waals surface area contributed by atoms with Gasteiger partial charge in [-0.1, -0.05) is 18.2 Å². The first-order valence-electron chi connectivity index (χ1n) is 7.64. The molecule has 0 aromatic heterocycles. The number of hydrogen-bond acceptors (Lipinski definition) is 4. The lowest BCUT2D eigenvalue weighted by molar-refractivity contribution is -0.122. The van der Waals surface area contributed by atoms with E-state index in [0.717, 1.165) is 6.42 Å². The lowest BCUT2D eigenvalue weighted by Crippen LogP contribution is -2.30. The van der Waals surface area contributed by atoms with Crippen LogP contribution in [0.3, 0.4) is 0 Å². The molecule has 2 aromatic rings. The fourth-order valence-corrected chi connectivity index (χ4v) is 2.24. The molecule has 0 radical (unpaired) electrons. The predicted octanol–water partition coefficient (Wildman–Crippen LogP) is 3.25. The molecule has 0 spiro atoms. The van der Waals surface area contributed by atoms with E-state index in [1.165, 1.54) is 0 Å². The van der Waals surface area contributed by atoms with Gasteiger partial charge in [0.2, 0.25) is 0 Å². The van der Waals surface area contributed by atoms with Gasteiger partial charge in [-0.3, -0.25) is 4.79 Å². The number of ether oxygens (including phenoxy) is 3. The summed E-state index contributed by atoms with van der Waals surface area (Å²) in [6, 6.07) is 14.6. The van der Waals surface area contributed by atoms with Crippen molar-refractivity contribution in [3.63, 3.8) is 0 Å². The number of rotatable bonds is 4. The zero-order valence-corrected chi connectivity index (χ0v) is 13.0. The Morgan fingerprint density at radius 2 is 1.83 bits per heavy atom. The summed E-state index contributed by atoms with van der Waals surface area (Å²) in [4.78, 5) is 12.2. The summed E-state index contributed by atoms with van der Waals surface area (Å²) >= 11 is 0. The first-order chi connectivity index (χ1) is 11.2. The van der Waals surface area contributed by atoms with Crippen LogP contribution in [0.15, 0.2) is 48.5 Å². The number of carbonyl (C=O) groups is 1. The average Bonchev–Trinajstić information content (AvgIpc) is 2.80.